The molecule has 0 saturated heterocycles. The van der Waals surface area contributed by atoms with Crippen molar-refractivity contribution in [3.8, 4) is 0 Å². The number of nitrogens with zero attached hydrogens (tertiary/aromatic N) is 3. The maximum absolute atomic E-state index is 5.77. The van der Waals surface area contributed by atoms with E-state index in [2.05, 4.69) is 16.9 Å². The number of aromatic nitrogens is 2. The van der Waals surface area contributed by atoms with Gasteiger partial charge in [-0.25, -0.2) is 9.97 Å². The Hall–Kier alpha value is -1.16. The molecule has 0 bridgehead atoms. The predicted octanol–water partition coefficient (Wildman–Crippen LogP) is 0.995. The molecule has 2 N–H and O–H groups in total. The lowest BCUT2D eigenvalue weighted by Gasteiger charge is -2.14. The summed E-state index contributed by atoms with van der Waals surface area (Å²) < 4.78 is 0. The number of hydrogen-bond acceptors (Lipinski definition) is 4. The van der Waals surface area contributed by atoms with E-state index in [0.29, 0.717) is 0 Å². The zero-order valence-electron chi connectivity index (χ0n) is 9.99. The topological polar surface area (TPSA) is 55.0 Å². The van der Waals surface area contributed by atoms with Gasteiger partial charge in [0, 0.05) is 44.7 Å². The second kappa shape index (κ2) is 5.07. The molecule has 4 nitrogen and oxygen atoms in total. The number of aryl methyl sites for hydroxylation is 1. The molecular formula is C11H20N4. The van der Waals surface area contributed by atoms with E-state index >= 15 is 0 Å². The van der Waals surface area contributed by atoms with Gasteiger partial charge in [-0.15, -0.1) is 0 Å². The van der Waals surface area contributed by atoms with Crippen LogP contribution < -0.4 is 10.6 Å². The molecule has 0 aromatic carbocycles. The van der Waals surface area contributed by atoms with Crippen molar-refractivity contribution in [1.82, 2.24) is 9.97 Å². The Morgan fingerprint density at radius 1 is 1.40 bits per heavy atom. The van der Waals surface area contributed by atoms with Crippen molar-refractivity contribution in [3.63, 3.8) is 0 Å². The van der Waals surface area contributed by atoms with E-state index in [1.165, 1.54) is 0 Å². The largest absolute Gasteiger partial charge is 0.363 e. The highest BCUT2D eigenvalue weighted by Gasteiger charge is 2.06. The lowest BCUT2D eigenvalue weighted by molar-refractivity contribution is 0.711. The average Bonchev–Trinajstić information content (AvgIpc) is 2.16. The van der Waals surface area contributed by atoms with Gasteiger partial charge in [-0.3, -0.25) is 0 Å². The molecule has 0 saturated carbocycles. The Labute approximate surface area is 91.5 Å². The first-order chi connectivity index (χ1) is 7.02. The Morgan fingerprint density at radius 3 is 2.53 bits per heavy atom. The molecule has 0 aliphatic rings. The zero-order chi connectivity index (χ0) is 11.4. The van der Waals surface area contributed by atoms with E-state index < -0.39 is 0 Å². The molecule has 0 spiro atoms. The van der Waals surface area contributed by atoms with Gasteiger partial charge in [0.25, 0.3) is 0 Å². The molecule has 1 atom stereocenters. The lowest BCUT2D eigenvalue weighted by Crippen LogP contribution is -2.20. The highest BCUT2D eigenvalue weighted by Crippen LogP contribution is 2.11. The van der Waals surface area contributed by atoms with E-state index in [1.54, 1.807) is 0 Å². The molecule has 0 aliphatic heterocycles. The first-order valence-electron chi connectivity index (χ1n) is 5.32. The maximum atomic E-state index is 5.77. The first-order valence-corrected chi connectivity index (χ1v) is 5.32. The van der Waals surface area contributed by atoms with Gasteiger partial charge in [-0.05, 0) is 6.92 Å². The van der Waals surface area contributed by atoms with Gasteiger partial charge in [0.05, 0.1) is 0 Å². The minimum atomic E-state index is 0.139. The van der Waals surface area contributed by atoms with Gasteiger partial charge < -0.3 is 10.6 Å². The maximum Gasteiger partial charge on any atom is 0.132 e. The molecule has 15 heavy (non-hydrogen) atoms. The second-order valence-electron chi connectivity index (χ2n) is 4.06. The van der Waals surface area contributed by atoms with Crippen LogP contribution in [0, 0.1) is 0 Å². The van der Waals surface area contributed by atoms with Crippen LogP contribution >= 0.6 is 0 Å². The third-order valence-electron chi connectivity index (χ3n) is 2.12. The minimum Gasteiger partial charge on any atom is -0.363 e. The van der Waals surface area contributed by atoms with Crippen molar-refractivity contribution in [1.29, 1.82) is 0 Å². The standard InChI is InChI=1S/C11H20N4/c1-5-10-13-9(6-8(2)12)7-11(14-10)15(3)4/h7-8H,5-6,12H2,1-4H3. The van der Waals surface area contributed by atoms with Crippen LogP contribution in [0.15, 0.2) is 6.07 Å². The molecule has 1 aromatic rings. The smallest absolute Gasteiger partial charge is 0.132 e. The molecule has 4 heteroatoms. The Bertz CT molecular complexity index is 320. The number of nitrogens with two attached hydrogens (primary N) is 1. The fourth-order valence-corrected chi connectivity index (χ4v) is 1.36. The summed E-state index contributed by atoms with van der Waals surface area (Å²) in [5, 5.41) is 0. The fourth-order valence-electron chi connectivity index (χ4n) is 1.36. The van der Waals surface area contributed by atoms with Crippen molar-refractivity contribution in [2.45, 2.75) is 32.7 Å². The normalized spacial score (nSPS) is 12.6. The summed E-state index contributed by atoms with van der Waals surface area (Å²) in [5.74, 6) is 1.84. The van der Waals surface area contributed by atoms with Crippen LogP contribution in [0.25, 0.3) is 0 Å². The molecule has 0 fully saturated rings. The van der Waals surface area contributed by atoms with Crippen LogP contribution in [0.1, 0.15) is 25.4 Å². The Morgan fingerprint density at radius 2 is 2.07 bits per heavy atom. The molecule has 84 valence electrons. The van der Waals surface area contributed by atoms with E-state index in [0.717, 1.165) is 30.2 Å². The highest BCUT2D eigenvalue weighted by atomic mass is 15.1. The molecule has 0 radical (unpaired) electrons. The number of hydrogen-bond donors (Lipinski definition) is 1. The van der Waals surface area contributed by atoms with E-state index in [4.69, 9.17) is 5.73 Å². The molecule has 1 rings (SSSR count). The lowest BCUT2D eigenvalue weighted by atomic mass is 10.2. The Balaban J connectivity index is 3.00. The van der Waals surface area contributed by atoms with Crippen LogP contribution in [0.4, 0.5) is 5.82 Å². The molecule has 0 aliphatic carbocycles. The van der Waals surface area contributed by atoms with Crippen LogP contribution in [0.3, 0.4) is 0 Å². The number of rotatable bonds is 4. The molecule has 0 amide bonds. The third kappa shape index (κ3) is 3.47. The van der Waals surface area contributed by atoms with Gasteiger partial charge in [-0.2, -0.15) is 0 Å². The first kappa shape index (κ1) is 11.9. The van der Waals surface area contributed by atoms with Gasteiger partial charge in [0.1, 0.15) is 11.6 Å². The Kier molecular flexibility index (Phi) is 4.03. The summed E-state index contributed by atoms with van der Waals surface area (Å²) >= 11 is 0. The highest BCUT2D eigenvalue weighted by molar-refractivity contribution is 5.38. The van der Waals surface area contributed by atoms with Gasteiger partial charge in [-0.1, -0.05) is 6.92 Å². The monoisotopic (exact) mass is 208 g/mol. The van der Waals surface area contributed by atoms with Crippen molar-refractivity contribution < 1.29 is 0 Å². The van der Waals surface area contributed by atoms with Crippen molar-refractivity contribution in [3.05, 3.63) is 17.6 Å². The summed E-state index contributed by atoms with van der Waals surface area (Å²) in [4.78, 5) is 10.9. The third-order valence-corrected chi connectivity index (χ3v) is 2.12. The fraction of sp³-hybridized carbons (Fsp3) is 0.636. The van der Waals surface area contributed by atoms with Gasteiger partial charge in [0.2, 0.25) is 0 Å². The second-order valence-corrected chi connectivity index (χ2v) is 4.06. The summed E-state index contributed by atoms with van der Waals surface area (Å²) in [6.45, 7) is 4.05. The SMILES string of the molecule is CCc1nc(CC(C)N)cc(N(C)C)n1. The summed E-state index contributed by atoms with van der Waals surface area (Å²) in [6.07, 6.45) is 1.66. The summed E-state index contributed by atoms with van der Waals surface area (Å²) in [5.41, 5.74) is 6.80. The molecule has 1 heterocycles. The molecule has 1 unspecified atom stereocenters. The van der Waals surface area contributed by atoms with Crippen LogP contribution in [-0.2, 0) is 12.8 Å². The average molecular weight is 208 g/mol. The van der Waals surface area contributed by atoms with E-state index in [9.17, 15) is 0 Å². The van der Waals surface area contributed by atoms with E-state index in [1.807, 2.05) is 32.0 Å². The van der Waals surface area contributed by atoms with Gasteiger partial charge >= 0.3 is 0 Å². The summed E-state index contributed by atoms with van der Waals surface area (Å²) in [6, 6.07) is 2.14. The van der Waals surface area contributed by atoms with Crippen LogP contribution in [0.5, 0.6) is 0 Å². The number of anilines is 1. The quantitative estimate of drug-likeness (QED) is 0.802. The molecule has 1 aromatic heterocycles. The predicted molar refractivity (Wildman–Crippen MR) is 63.1 cm³/mol. The zero-order valence-corrected chi connectivity index (χ0v) is 9.99. The van der Waals surface area contributed by atoms with Crippen molar-refractivity contribution in [2.75, 3.05) is 19.0 Å². The summed E-state index contributed by atoms with van der Waals surface area (Å²) in [7, 11) is 3.97. The molecular weight excluding hydrogens is 188 g/mol. The van der Waals surface area contributed by atoms with Gasteiger partial charge in [0.15, 0.2) is 0 Å². The van der Waals surface area contributed by atoms with Crippen LogP contribution in [0.2, 0.25) is 0 Å². The minimum absolute atomic E-state index is 0.139. The van der Waals surface area contributed by atoms with E-state index in [-0.39, 0.29) is 6.04 Å². The van der Waals surface area contributed by atoms with Crippen LogP contribution in [-0.4, -0.2) is 30.1 Å². The van der Waals surface area contributed by atoms with Crippen molar-refractivity contribution in [2.24, 2.45) is 5.73 Å². The van der Waals surface area contributed by atoms with Crippen molar-refractivity contribution >= 4 is 5.82 Å².